The smallest absolute Gasteiger partial charge is 0.261 e. The Bertz CT molecular complexity index is 842. The van der Waals surface area contributed by atoms with E-state index in [0.29, 0.717) is 4.88 Å². The average molecular weight is 434 g/mol. The number of hydrogen-bond acceptors (Lipinski definition) is 4. The van der Waals surface area contributed by atoms with E-state index < -0.39 is 0 Å². The summed E-state index contributed by atoms with van der Waals surface area (Å²) >= 11 is 7.44. The van der Waals surface area contributed by atoms with Crippen LogP contribution in [0.25, 0.3) is 0 Å². The van der Waals surface area contributed by atoms with E-state index in [1.54, 1.807) is 0 Å². The number of piperidine rings is 1. The Morgan fingerprint density at radius 1 is 1.21 bits per heavy atom. The van der Waals surface area contributed by atoms with E-state index in [0.717, 1.165) is 49.5 Å². The number of carbonyl (C=O) groups excluding carboxylic acids is 2. The molecule has 3 rings (SSSR count). The van der Waals surface area contributed by atoms with Crippen molar-refractivity contribution >= 4 is 34.8 Å². The zero-order valence-corrected chi connectivity index (χ0v) is 18.5. The summed E-state index contributed by atoms with van der Waals surface area (Å²) in [7, 11) is 0. The maximum Gasteiger partial charge on any atom is 0.261 e. The lowest BCUT2D eigenvalue weighted by Crippen LogP contribution is -2.47. The van der Waals surface area contributed by atoms with E-state index in [4.69, 9.17) is 11.6 Å². The van der Waals surface area contributed by atoms with Crippen LogP contribution in [0.1, 0.15) is 45.4 Å². The lowest BCUT2D eigenvalue weighted by atomic mass is 10.0. The summed E-state index contributed by atoms with van der Waals surface area (Å²) in [5.41, 5.74) is 2.38. The molecular formula is C22H28ClN3O2S. The molecule has 1 saturated heterocycles. The van der Waals surface area contributed by atoms with Gasteiger partial charge in [0.15, 0.2) is 0 Å². The van der Waals surface area contributed by atoms with E-state index >= 15 is 0 Å². The predicted molar refractivity (Wildman–Crippen MR) is 119 cm³/mol. The lowest BCUT2D eigenvalue weighted by molar-refractivity contribution is -0.121. The molecule has 0 bridgehead atoms. The highest BCUT2D eigenvalue weighted by atomic mass is 35.5. The molecule has 156 valence electrons. The fraction of sp³-hybridized carbons (Fsp3) is 0.455. The molecule has 0 aliphatic carbocycles. The van der Waals surface area contributed by atoms with Crippen molar-refractivity contribution in [2.24, 2.45) is 0 Å². The van der Waals surface area contributed by atoms with Crippen LogP contribution in [0.5, 0.6) is 0 Å². The summed E-state index contributed by atoms with van der Waals surface area (Å²) in [5.74, 6) is -0.302. The number of carbonyl (C=O) groups is 2. The van der Waals surface area contributed by atoms with Gasteiger partial charge < -0.3 is 10.6 Å². The highest BCUT2D eigenvalue weighted by Gasteiger charge is 2.21. The van der Waals surface area contributed by atoms with E-state index in [2.05, 4.69) is 34.6 Å². The first-order valence-corrected chi connectivity index (χ1v) is 11.3. The number of nitrogens with zero attached hydrogens (tertiary/aromatic N) is 1. The van der Waals surface area contributed by atoms with E-state index in [1.165, 1.54) is 21.8 Å². The molecular weight excluding hydrogens is 406 g/mol. The quantitative estimate of drug-likeness (QED) is 0.698. The molecule has 0 saturated carbocycles. The SMILES string of the molecule is CCc1sc(C(=O)NCC(=O)NC2CCN(Cc3ccc(Cl)cc3)CC2)cc1C. The Balaban J connectivity index is 1.38. The van der Waals surface area contributed by atoms with Crippen LogP contribution in [0.2, 0.25) is 5.02 Å². The molecule has 0 spiro atoms. The Hall–Kier alpha value is -1.89. The molecule has 5 nitrogen and oxygen atoms in total. The van der Waals surface area contributed by atoms with Crippen molar-refractivity contribution in [1.29, 1.82) is 0 Å². The number of halogens is 1. The van der Waals surface area contributed by atoms with Crippen molar-refractivity contribution in [3.05, 3.63) is 56.2 Å². The zero-order valence-electron chi connectivity index (χ0n) is 17.0. The van der Waals surface area contributed by atoms with Gasteiger partial charge in [0.1, 0.15) is 0 Å². The molecule has 7 heteroatoms. The van der Waals surface area contributed by atoms with Crippen LogP contribution >= 0.6 is 22.9 Å². The third-order valence-electron chi connectivity index (χ3n) is 5.25. The van der Waals surface area contributed by atoms with Crippen molar-refractivity contribution in [3.8, 4) is 0 Å². The third-order valence-corrected chi connectivity index (χ3v) is 6.88. The van der Waals surface area contributed by atoms with Gasteiger partial charge >= 0.3 is 0 Å². The van der Waals surface area contributed by atoms with Gasteiger partial charge in [-0.2, -0.15) is 0 Å². The normalized spacial score (nSPS) is 15.3. The number of amides is 2. The van der Waals surface area contributed by atoms with Gasteiger partial charge in [-0.1, -0.05) is 30.7 Å². The summed E-state index contributed by atoms with van der Waals surface area (Å²) in [6.45, 7) is 6.88. The number of likely N-dealkylation sites (tertiary alicyclic amines) is 1. The molecule has 0 radical (unpaired) electrons. The zero-order chi connectivity index (χ0) is 20.8. The van der Waals surface area contributed by atoms with Crippen LogP contribution in [-0.4, -0.2) is 42.4 Å². The molecule has 1 fully saturated rings. The summed E-state index contributed by atoms with van der Waals surface area (Å²) < 4.78 is 0. The van der Waals surface area contributed by atoms with Gasteiger partial charge in [-0.05, 0) is 55.5 Å². The fourth-order valence-electron chi connectivity index (χ4n) is 3.59. The van der Waals surface area contributed by atoms with Crippen molar-refractivity contribution in [2.75, 3.05) is 19.6 Å². The summed E-state index contributed by atoms with van der Waals surface area (Å²) in [6.07, 6.45) is 2.75. The summed E-state index contributed by atoms with van der Waals surface area (Å²) in [6, 6.07) is 10.00. The number of benzene rings is 1. The molecule has 29 heavy (non-hydrogen) atoms. The molecule has 1 aliphatic heterocycles. The van der Waals surface area contributed by atoms with Gasteiger partial charge in [0.05, 0.1) is 11.4 Å². The van der Waals surface area contributed by atoms with Gasteiger partial charge in [-0.15, -0.1) is 11.3 Å². The molecule has 0 unspecified atom stereocenters. The standard InChI is InChI=1S/C22H28ClN3O2S/c1-3-19-15(2)12-20(29-19)22(28)24-13-21(27)25-18-8-10-26(11-9-18)14-16-4-6-17(23)7-5-16/h4-7,12,18H,3,8-11,13-14H2,1-2H3,(H,24,28)(H,25,27). The minimum absolute atomic E-state index is 0.0161. The van der Waals surface area contributed by atoms with Crippen LogP contribution in [0.15, 0.2) is 30.3 Å². The third kappa shape index (κ3) is 6.29. The van der Waals surface area contributed by atoms with E-state index in [-0.39, 0.29) is 24.4 Å². The molecule has 2 aromatic rings. The van der Waals surface area contributed by atoms with Gasteiger partial charge in [-0.3, -0.25) is 14.5 Å². The van der Waals surface area contributed by atoms with Crippen molar-refractivity contribution < 1.29 is 9.59 Å². The Morgan fingerprint density at radius 2 is 1.90 bits per heavy atom. The molecule has 1 aromatic carbocycles. The minimum atomic E-state index is -0.175. The largest absolute Gasteiger partial charge is 0.352 e. The highest BCUT2D eigenvalue weighted by Crippen LogP contribution is 2.22. The van der Waals surface area contributed by atoms with Gasteiger partial charge in [-0.25, -0.2) is 0 Å². The molecule has 1 aromatic heterocycles. The van der Waals surface area contributed by atoms with Crippen molar-refractivity contribution in [2.45, 2.75) is 45.7 Å². The van der Waals surface area contributed by atoms with Crippen molar-refractivity contribution in [3.63, 3.8) is 0 Å². The molecule has 2 N–H and O–H groups in total. The highest BCUT2D eigenvalue weighted by molar-refractivity contribution is 7.14. The monoisotopic (exact) mass is 433 g/mol. The lowest BCUT2D eigenvalue weighted by Gasteiger charge is -2.32. The second-order valence-corrected chi connectivity index (χ2v) is 9.07. The number of aryl methyl sites for hydroxylation is 2. The predicted octanol–water partition coefficient (Wildman–Crippen LogP) is 3.78. The topological polar surface area (TPSA) is 61.4 Å². The van der Waals surface area contributed by atoms with E-state index in [1.807, 2.05) is 25.1 Å². The van der Waals surface area contributed by atoms with Gasteiger partial charge in [0.25, 0.3) is 5.91 Å². The van der Waals surface area contributed by atoms with Crippen LogP contribution in [0.3, 0.4) is 0 Å². The Morgan fingerprint density at radius 3 is 2.52 bits per heavy atom. The maximum absolute atomic E-state index is 12.3. The first kappa shape index (κ1) is 21.8. The van der Waals surface area contributed by atoms with Crippen LogP contribution < -0.4 is 10.6 Å². The second kappa shape index (κ2) is 10.2. The van der Waals surface area contributed by atoms with Gasteiger partial charge in [0.2, 0.25) is 5.91 Å². The van der Waals surface area contributed by atoms with Crippen LogP contribution in [-0.2, 0) is 17.8 Å². The van der Waals surface area contributed by atoms with E-state index in [9.17, 15) is 9.59 Å². The Labute approximate surface area is 181 Å². The molecule has 0 atom stereocenters. The van der Waals surface area contributed by atoms with Crippen LogP contribution in [0.4, 0.5) is 0 Å². The Kier molecular flexibility index (Phi) is 7.70. The summed E-state index contributed by atoms with van der Waals surface area (Å²) in [5, 5.41) is 6.54. The minimum Gasteiger partial charge on any atom is -0.352 e. The first-order valence-electron chi connectivity index (χ1n) is 10.1. The second-order valence-electron chi connectivity index (χ2n) is 7.50. The average Bonchev–Trinajstić information content (AvgIpc) is 3.10. The molecule has 1 aliphatic rings. The fourth-order valence-corrected chi connectivity index (χ4v) is 4.75. The first-order chi connectivity index (χ1) is 13.9. The number of rotatable bonds is 7. The molecule has 2 heterocycles. The van der Waals surface area contributed by atoms with Crippen LogP contribution in [0, 0.1) is 6.92 Å². The molecule has 2 amide bonds. The number of nitrogens with one attached hydrogen (secondary N) is 2. The number of hydrogen-bond donors (Lipinski definition) is 2. The maximum atomic E-state index is 12.3. The van der Waals surface area contributed by atoms with Crippen molar-refractivity contribution in [1.82, 2.24) is 15.5 Å². The van der Waals surface area contributed by atoms with Gasteiger partial charge in [0, 0.05) is 35.6 Å². The number of thiophene rings is 1. The summed E-state index contributed by atoms with van der Waals surface area (Å²) in [4.78, 5) is 28.8.